The Bertz CT molecular complexity index is 1290. The van der Waals surface area contributed by atoms with Gasteiger partial charge >= 0.3 is 0 Å². The number of hydrogen-bond donors (Lipinski definition) is 0. The molecule has 0 spiro atoms. The number of aromatic nitrogens is 2. The van der Waals surface area contributed by atoms with Crippen molar-refractivity contribution in [1.29, 1.82) is 0 Å². The number of thiophene rings is 1. The number of aryl methyl sites for hydroxylation is 1. The number of carbonyl (C=O) groups is 1. The van der Waals surface area contributed by atoms with E-state index in [1.165, 1.54) is 10.4 Å². The summed E-state index contributed by atoms with van der Waals surface area (Å²) in [6.07, 6.45) is 3.24. The lowest BCUT2D eigenvalue weighted by Crippen LogP contribution is -2.50. The quantitative estimate of drug-likeness (QED) is 0.542. The topological polar surface area (TPSA) is 96.6 Å². The number of piperazine rings is 1. The maximum absolute atomic E-state index is 13.8. The van der Waals surface area contributed by atoms with Crippen molar-refractivity contribution in [3.05, 3.63) is 52.5 Å². The highest BCUT2D eigenvalue weighted by molar-refractivity contribution is 7.91. The predicted octanol–water partition coefficient (Wildman–Crippen LogP) is 3.66. The molecule has 2 fully saturated rings. The number of nitrogens with zero attached hydrogens (tertiary/aromatic N) is 4. The molecule has 0 bridgehead atoms. The fourth-order valence-corrected chi connectivity index (χ4v) is 6.64. The maximum atomic E-state index is 13.8. The van der Waals surface area contributed by atoms with Gasteiger partial charge in [0.2, 0.25) is 11.7 Å². The van der Waals surface area contributed by atoms with Crippen LogP contribution in [0.15, 0.2) is 38.4 Å². The third-order valence-electron chi connectivity index (χ3n) is 6.27. The summed E-state index contributed by atoms with van der Waals surface area (Å²) >= 11 is 1.12. The summed E-state index contributed by atoms with van der Waals surface area (Å²) in [7, 11) is -3.71. The van der Waals surface area contributed by atoms with Crippen LogP contribution in [0.3, 0.4) is 0 Å². The van der Waals surface area contributed by atoms with Gasteiger partial charge < -0.3 is 9.42 Å². The van der Waals surface area contributed by atoms with Gasteiger partial charge in [-0.15, -0.1) is 11.3 Å². The van der Waals surface area contributed by atoms with E-state index in [0.717, 1.165) is 30.6 Å². The van der Waals surface area contributed by atoms with Crippen molar-refractivity contribution in [1.82, 2.24) is 19.3 Å². The van der Waals surface area contributed by atoms with Crippen LogP contribution in [0.25, 0.3) is 11.4 Å². The zero-order valence-corrected chi connectivity index (χ0v) is 19.7. The minimum atomic E-state index is -3.71. The molecule has 1 saturated heterocycles. The Kier molecular flexibility index (Phi) is 5.79. The Labute approximate surface area is 195 Å². The van der Waals surface area contributed by atoms with Crippen LogP contribution in [0.1, 0.15) is 47.0 Å². The summed E-state index contributed by atoms with van der Waals surface area (Å²) in [5.41, 5.74) is 1.35. The molecule has 174 valence electrons. The largest absolute Gasteiger partial charge is 0.339 e. The van der Waals surface area contributed by atoms with Crippen molar-refractivity contribution in [2.24, 2.45) is 0 Å². The molecular weight excluding hydrogens is 467 g/mol. The molecule has 3 aromatic rings. The third kappa shape index (κ3) is 4.20. The van der Waals surface area contributed by atoms with Gasteiger partial charge in [-0.1, -0.05) is 17.6 Å². The molecule has 1 amide bonds. The highest BCUT2D eigenvalue weighted by atomic mass is 32.2. The Balaban J connectivity index is 1.25. The normalized spacial score (nSPS) is 17.8. The predicted molar refractivity (Wildman–Crippen MR) is 120 cm³/mol. The first kappa shape index (κ1) is 22.2. The SMILES string of the molecule is Cc1ccc(C(=O)N2CCN(S(=O)(=O)c3cc(-c4noc(C5CCC5)n4)cs3)CC2)cc1F. The van der Waals surface area contributed by atoms with Crippen LogP contribution in [-0.2, 0) is 10.0 Å². The van der Waals surface area contributed by atoms with Gasteiger partial charge in [0.1, 0.15) is 10.0 Å². The second-order valence-electron chi connectivity index (χ2n) is 8.40. The average molecular weight is 491 g/mol. The molecule has 0 atom stereocenters. The fourth-order valence-electron chi connectivity index (χ4n) is 3.91. The number of benzene rings is 1. The van der Waals surface area contributed by atoms with Crippen molar-refractivity contribution in [3.63, 3.8) is 0 Å². The fraction of sp³-hybridized carbons (Fsp3) is 0.409. The van der Waals surface area contributed by atoms with Crippen LogP contribution >= 0.6 is 11.3 Å². The van der Waals surface area contributed by atoms with E-state index in [9.17, 15) is 17.6 Å². The van der Waals surface area contributed by atoms with Gasteiger partial charge in [0, 0.05) is 48.6 Å². The van der Waals surface area contributed by atoms with Crippen molar-refractivity contribution in [2.75, 3.05) is 26.2 Å². The monoisotopic (exact) mass is 490 g/mol. The minimum absolute atomic E-state index is 0.170. The molecule has 8 nitrogen and oxygen atoms in total. The lowest BCUT2D eigenvalue weighted by Gasteiger charge is -2.33. The number of halogens is 1. The van der Waals surface area contributed by atoms with Crippen LogP contribution in [0.4, 0.5) is 4.39 Å². The zero-order chi connectivity index (χ0) is 23.2. The number of hydrogen-bond acceptors (Lipinski definition) is 7. The Morgan fingerprint density at radius 1 is 1.18 bits per heavy atom. The van der Waals surface area contributed by atoms with Crippen molar-refractivity contribution >= 4 is 27.3 Å². The van der Waals surface area contributed by atoms with Gasteiger partial charge in [-0.05, 0) is 43.5 Å². The molecule has 11 heteroatoms. The van der Waals surface area contributed by atoms with E-state index in [2.05, 4.69) is 10.1 Å². The van der Waals surface area contributed by atoms with Crippen molar-refractivity contribution in [2.45, 2.75) is 36.3 Å². The molecular formula is C22H23FN4O4S2. The van der Waals surface area contributed by atoms with E-state index in [0.29, 0.717) is 28.8 Å². The molecule has 1 aliphatic carbocycles. The third-order valence-corrected chi connectivity index (χ3v) is 9.58. The first-order valence-electron chi connectivity index (χ1n) is 10.8. The summed E-state index contributed by atoms with van der Waals surface area (Å²) in [5.74, 6) is 0.584. The van der Waals surface area contributed by atoms with E-state index in [-0.39, 0.29) is 41.9 Å². The van der Waals surface area contributed by atoms with Crippen LogP contribution < -0.4 is 0 Å². The summed E-state index contributed by atoms with van der Waals surface area (Å²) in [6.45, 7) is 2.45. The molecule has 3 heterocycles. The van der Waals surface area contributed by atoms with Crippen LogP contribution in [0.5, 0.6) is 0 Å². The van der Waals surface area contributed by atoms with E-state index >= 15 is 0 Å². The Morgan fingerprint density at radius 2 is 1.94 bits per heavy atom. The maximum Gasteiger partial charge on any atom is 0.254 e. The standard InChI is InChI=1S/C22H23FN4O4S2/c1-14-5-6-16(11-18(14)23)22(28)26-7-9-27(10-8-26)33(29,30)19-12-17(13-32-19)20-24-21(31-25-20)15-3-2-4-15/h5-6,11-13,15H,2-4,7-10H2,1H3. The van der Waals surface area contributed by atoms with Gasteiger partial charge in [-0.3, -0.25) is 4.79 Å². The van der Waals surface area contributed by atoms with E-state index in [1.807, 2.05) is 0 Å². The average Bonchev–Trinajstić information content (AvgIpc) is 3.44. The molecule has 1 aliphatic heterocycles. The highest BCUT2D eigenvalue weighted by Gasteiger charge is 2.32. The van der Waals surface area contributed by atoms with Crippen molar-refractivity contribution < 1.29 is 22.1 Å². The lowest BCUT2D eigenvalue weighted by molar-refractivity contribution is 0.0697. The zero-order valence-electron chi connectivity index (χ0n) is 18.0. The molecule has 0 radical (unpaired) electrons. The number of rotatable bonds is 5. The molecule has 1 aromatic carbocycles. The van der Waals surface area contributed by atoms with Crippen LogP contribution in [0, 0.1) is 12.7 Å². The number of carbonyl (C=O) groups excluding carboxylic acids is 1. The number of sulfonamides is 1. The second kappa shape index (κ2) is 8.62. The summed E-state index contributed by atoms with van der Waals surface area (Å²) in [4.78, 5) is 18.7. The number of amides is 1. The van der Waals surface area contributed by atoms with Crippen molar-refractivity contribution in [3.8, 4) is 11.4 Å². The minimum Gasteiger partial charge on any atom is -0.339 e. The summed E-state index contributed by atoms with van der Waals surface area (Å²) in [5, 5.41) is 5.72. The van der Waals surface area contributed by atoms with E-state index in [4.69, 9.17) is 4.52 Å². The van der Waals surface area contributed by atoms with Crippen LogP contribution in [0.2, 0.25) is 0 Å². The highest BCUT2D eigenvalue weighted by Crippen LogP contribution is 2.37. The molecule has 1 saturated carbocycles. The molecule has 0 N–H and O–H groups in total. The Hall–Kier alpha value is -2.63. The molecule has 33 heavy (non-hydrogen) atoms. The smallest absolute Gasteiger partial charge is 0.254 e. The summed E-state index contributed by atoms with van der Waals surface area (Å²) < 4.78 is 47.0. The van der Waals surface area contributed by atoms with E-state index < -0.39 is 15.8 Å². The van der Waals surface area contributed by atoms with Gasteiger partial charge in [0.25, 0.3) is 15.9 Å². The second-order valence-corrected chi connectivity index (χ2v) is 11.5. The molecule has 2 aliphatic rings. The van der Waals surface area contributed by atoms with Gasteiger partial charge in [-0.25, -0.2) is 12.8 Å². The van der Waals surface area contributed by atoms with Crippen LogP contribution in [-0.4, -0.2) is 59.8 Å². The van der Waals surface area contributed by atoms with Gasteiger partial charge in [-0.2, -0.15) is 9.29 Å². The first-order chi connectivity index (χ1) is 15.8. The van der Waals surface area contributed by atoms with Gasteiger partial charge in [0.05, 0.1) is 0 Å². The molecule has 5 rings (SSSR count). The molecule has 2 aromatic heterocycles. The first-order valence-corrected chi connectivity index (χ1v) is 13.1. The van der Waals surface area contributed by atoms with E-state index in [1.54, 1.807) is 35.4 Å². The summed E-state index contributed by atoms with van der Waals surface area (Å²) in [6, 6.07) is 5.95. The molecule has 0 unspecified atom stereocenters. The Morgan fingerprint density at radius 3 is 2.61 bits per heavy atom. The van der Waals surface area contributed by atoms with Gasteiger partial charge in [0.15, 0.2) is 0 Å². The lowest BCUT2D eigenvalue weighted by atomic mass is 9.85.